The Bertz CT molecular complexity index is 561. The maximum Gasteiger partial charge on any atom is 0.243 e. The maximum atomic E-state index is 12.6. The van der Waals surface area contributed by atoms with Crippen LogP contribution in [0.3, 0.4) is 0 Å². The maximum absolute atomic E-state index is 12.6. The fraction of sp³-hybridized carbons (Fsp3) is 0.538. The lowest BCUT2D eigenvalue weighted by molar-refractivity contribution is 0.135. The van der Waals surface area contributed by atoms with Crippen molar-refractivity contribution in [1.82, 2.24) is 4.31 Å². The average Bonchev–Trinajstić information content (AvgIpc) is 2.38. The summed E-state index contributed by atoms with van der Waals surface area (Å²) in [5.41, 5.74) is 6.68. The van der Waals surface area contributed by atoms with Crippen LogP contribution < -0.4 is 5.73 Å². The normalized spacial score (nSPS) is 12.1. The Morgan fingerprint density at radius 2 is 2.00 bits per heavy atom. The molecule has 0 saturated carbocycles. The zero-order chi connectivity index (χ0) is 15.3. The number of benzene rings is 1. The number of anilines is 1. The smallest absolute Gasteiger partial charge is 0.243 e. The minimum absolute atomic E-state index is 0.154. The molecule has 0 bridgehead atoms. The summed E-state index contributed by atoms with van der Waals surface area (Å²) >= 11 is 5.92. The third kappa shape index (κ3) is 3.85. The van der Waals surface area contributed by atoms with Gasteiger partial charge in [-0.1, -0.05) is 18.5 Å². The Kier molecular flexibility index (Phi) is 6.26. The summed E-state index contributed by atoms with van der Waals surface area (Å²) in [6.07, 6.45) is 0. The number of sulfonamides is 1. The molecule has 0 aliphatic carbocycles. The van der Waals surface area contributed by atoms with E-state index in [4.69, 9.17) is 22.1 Å². The van der Waals surface area contributed by atoms with E-state index in [1.165, 1.54) is 10.4 Å². The number of hydrogen-bond donors (Lipinski definition) is 1. The second kappa shape index (κ2) is 7.26. The first-order valence-electron chi connectivity index (χ1n) is 6.48. The van der Waals surface area contributed by atoms with E-state index in [2.05, 4.69) is 0 Å². The number of nitrogens with two attached hydrogens (primary N) is 1. The number of likely N-dealkylation sites (N-methyl/N-ethyl adjacent to an activating group) is 1. The molecule has 0 aliphatic rings. The van der Waals surface area contributed by atoms with Crippen LogP contribution in [-0.4, -0.2) is 39.0 Å². The molecule has 7 heteroatoms. The molecule has 0 aliphatic heterocycles. The van der Waals surface area contributed by atoms with Gasteiger partial charge in [-0.05, 0) is 31.5 Å². The van der Waals surface area contributed by atoms with Crippen molar-refractivity contribution in [2.45, 2.75) is 25.7 Å². The summed E-state index contributed by atoms with van der Waals surface area (Å²) in [5, 5.41) is 0.313. The molecule has 1 aromatic carbocycles. The fourth-order valence-corrected chi connectivity index (χ4v) is 3.85. The van der Waals surface area contributed by atoms with Gasteiger partial charge in [0, 0.05) is 30.4 Å². The summed E-state index contributed by atoms with van der Waals surface area (Å²) in [6.45, 7) is 6.91. The van der Waals surface area contributed by atoms with Gasteiger partial charge < -0.3 is 10.5 Å². The van der Waals surface area contributed by atoms with Gasteiger partial charge in [0.05, 0.1) is 11.5 Å². The van der Waals surface area contributed by atoms with Crippen molar-refractivity contribution in [2.75, 3.05) is 32.0 Å². The van der Waals surface area contributed by atoms with Crippen LogP contribution in [0.1, 0.15) is 19.4 Å². The fourth-order valence-electron chi connectivity index (χ4n) is 1.84. The van der Waals surface area contributed by atoms with Crippen molar-refractivity contribution in [2.24, 2.45) is 0 Å². The van der Waals surface area contributed by atoms with Gasteiger partial charge in [-0.25, -0.2) is 8.42 Å². The van der Waals surface area contributed by atoms with Gasteiger partial charge in [0.25, 0.3) is 0 Å². The lowest BCUT2D eigenvalue weighted by atomic mass is 10.2. The standard InChI is InChI=1S/C13H21ClN2O3S/c1-4-16(6-7-19-5-2)20(17,18)13-9-11(14)8-12(15)10(13)3/h8-9H,4-7,15H2,1-3H3. The first kappa shape index (κ1) is 17.2. The van der Waals surface area contributed by atoms with E-state index in [-0.39, 0.29) is 4.90 Å². The molecule has 0 fully saturated rings. The van der Waals surface area contributed by atoms with Crippen LogP contribution in [0.15, 0.2) is 17.0 Å². The highest BCUT2D eigenvalue weighted by Gasteiger charge is 2.25. The van der Waals surface area contributed by atoms with E-state index >= 15 is 0 Å². The largest absolute Gasteiger partial charge is 0.398 e. The van der Waals surface area contributed by atoms with Gasteiger partial charge in [-0.2, -0.15) is 4.31 Å². The van der Waals surface area contributed by atoms with E-state index in [1.54, 1.807) is 19.9 Å². The summed E-state index contributed by atoms with van der Waals surface area (Å²) in [4.78, 5) is 0.154. The van der Waals surface area contributed by atoms with E-state index in [9.17, 15) is 8.42 Å². The molecule has 0 heterocycles. The summed E-state index contributed by atoms with van der Waals surface area (Å²) in [7, 11) is -3.62. The number of halogens is 1. The Hall–Kier alpha value is -0.820. The second-order valence-corrected chi connectivity index (χ2v) is 6.65. The molecule has 114 valence electrons. The number of nitrogens with zero attached hydrogens (tertiary/aromatic N) is 1. The van der Waals surface area contributed by atoms with Gasteiger partial charge in [-0.15, -0.1) is 0 Å². The van der Waals surface area contributed by atoms with E-state index in [1.807, 2.05) is 6.92 Å². The SMILES string of the molecule is CCOCCN(CC)S(=O)(=O)c1cc(Cl)cc(N)c1C. The van der Waals surface area contributed by atoms with Crippen molar-refractivity contribution < 1.29 is 13.2 Å². The molecule has 1 rings (SSSR count). The van der Waals surface area contributed by atoms with Gasteiger partial charge in [0.2, 0.25) is 10.0 Å². The third-order valence-electron chi connectivity index (χ3n) is 3.02. The molecule has 5 nitrogen and oxygen atoms in total. The summed E-state index contributed by atoms with van der Waals surface area (Å²) < 4.78 is 31.9. The first-order chi connectivity index (χ1) is 9.34. The molecule has 0 saturated heterocycles. The molecular weight excluding hydrogens is 300 g/mol. The molecule has 1 aromatic rings. The van der Waals surface area contributed by atoms with E-state index in [0.29, 0.717) is 42.6 Å². The summed E-state index contributed by atoms with van der Waals surface area (Å²) in [6, 6.07) is 2.98. The van der Waals surface area contributed by atoms with Crippen LogP contribution >= 0.6 is 11.6 Å². The van der Waals surface area contributed by atoms with Crippen LogP contribution in [0, 0.1) is 6.92 Å². The predicted octanol–water partition coefficient (Wildman–Crippen LogP) is 2.28. The molecule has 0 amide bonds. The third-order valence-corrected chi connectivity index (χ3v) is 5.34. The van der Waals surface area contributed by atoms with E-state index in [0.717, 1.165) is 0 Å². The van der Waals surface area contributed by atoms with E-state index < -0.39 is 10.0 Å². The molecular formula is C13H21ClN2O3S. The van der Waals surface area contributed by atoms with Crippen LogP contribution in [0.5, 0.6) is 0 Å². The minimum atomic E-state index is -3.62. The van der Waals surface area contributed by atoms with Crippen molar-refractivity contribution in [3.05, 3.63) is 22.7 Å². The van der Waals surface area contributed by atoms with Crippen molar-refractivity contribution in [1.29, 1.82) is 0 Å². The molecule has 2 N–H and O–H groups in total. The molecule has 0 aromatic heterocycles. The molecule has 0 spiro atoms. The predicted molar refractivity (Wildman–Crippen MR) is 81.5 cm³/mol. The van der Waals surface area contributed by atoms with Crippen molar-refractivity contribution in [3.8, 4) is 0 Å². The average molecular weight is 321 g/mol. The van der Waals surface area contributed by atoms with Crippen molar-refractivity contribution >= 4 is 27.3 Å². The van der Waals surface area contributed by atoms with Gasteiger partial charge in [0.1, 0.15) is 0 Å². The number of nitrogen functional groups attached to an aromatic ring is 1. The highest BCUT2D eigenvalue weighted by molar-refractivity contribution is 7.89. The Morgan fingerprint density at radius 1 is 1.35 bits per heavy atom. The Morgan fingerprint density at radius 3 is 2.55 bits per heavy atom. The van der Waals surface area contributed by atoms with Crippen LogP contribution in [-0.2, 0) is 14.8 Å². The Labute approximate surface area is 125 Å². The Balaban J connectivity index is 3.14. The van der Waals surface area contributed by atoms with Gasteiger partial charge >= 0.3 is 0 Å². The molecule has 20 heavy (non-hydrogen) atoms. The van der Waals surface area contributed by atoms with Crippen molar-refractivity contribution in [3.63, 3.8) is 0 Å². The van der Waals surface area contributed by atoms with Crippen LogP contribution in [0.2, 0.25) is 5.02 Å². The van der Waals surface area contributed by atoms with Gasteiger partial charge in [0.15, 0.2) is 0 Å². The molecule has 0 radical (unpaired) electrons. The second-order valence-electron chi connectivity index (χ2n) is 4.31. The zero-order valence-corrected chi connectivity index (χ0v) is 13.6. The number of rotatable bonds is 7. The lowest BCUT2D eigenvalue weighted by Crippen LogP contribution is -2.34. The topological polar surface area (TPSA) is 72.6 Å². The first-order valence-corrected chi connectivity index (χ1v) is 8.29. The highest BCUT2D eigenvalue weighted by Crippen LogP contribution is 2.28. The zero-order valence-electron chi connectivity index (χ0n) is 12.0. The van der Waals surface area contributed by atoms with Crippen LogP contribution in [0.25, 0.3) is 0 Å². The number of ether oxygens (including phenoxy) is 1. The lowest BCUT2D eigenvalue weighted by Gasteiger charge is -2.22. The molecule has 0 unspecified atom stereocenters. The highest BCUT2D eigenvalue weighted by atomic mass is 35.5. The quantitative estimate of drug-likeness (QED) is 0.618. The van der Waals surface area contributed by atoms with Gasteiger partial charge in [-0.3, -0.25) is 0 Å². The summed E-state index contributed by atoms with van der Waals surface area (Å²) in [5.74, 6) is 0. The number of hydrogen-bond acceptors (Lipinski definition) is 4. The van der Waals surface area contributed by atoms with Crippen LogP contribution in [0.4, 0.5) is 5.69 Å². The monoisotopic (exact) mass is 320 g/mol. The minimum Gasteiger partial charge on any atom is -0.398 e. The molecule has 0 atom stereocenters.